The van der Waals surface area contributed by atoms with E-state index in [0.29, 0.717) is 10.7 Å². The molecule has 1 heterocycles. The van der Waals surface area contributed by atoms with Gasteiger partial charge in [-0.15, -0.1) is 0 Å². The van der Waals surface area contributed by atoms with Crippen molar-refractivity contribution in [2.75, 3.05) is 4.90 Å². The van der Waals surface area contributed by atoms with E-state index in [1.165, 1.54) is 11.1 Å². The number of nitrogens with one attached hydrogen (secondary N) is 1. The minimum Gasteiger partial charge on any atom is -0.301 e. The van der Waals surface area contributed by atoms with E-state index in [-0.39, 0.29) is 5.11 Å². The predicted octanol–water partition coefficient (Wildman–Crippen LogP) is 3.72. The van der Waals surface area contributed by atoms with Gasteiger partial charge in [-0.2, -0.15) is 0 Å². The highest BCUT2D eigenvalue weighted by Gasteiger charge is 2.38. The summed E-state index contributed by atoms with van der Waals surface area (Å²) in [6.45, 7) is 3.88. The number of amides is 2. The maximum atomic E-state index is 12.9. The third-order valence-electron chi connectivity index (χ3n) is 4.01. The van der Waals surface area contributed by atoms with Crippen LogP contribution < -0.4 is 10.2 Å². The van der Waals surface area contributed by atoms with E-state index in [9.17, 15) is 9.59 Å². The summed E-state index contributed by atoms with van der Waals surface area (Å²) in [4.78, 5) is 30.8. The van der Waals surface area contributed by atoms with Gasteiger partial charge in [0.15, 0.2) is 11.0 Å². The number of aliphatic imine (C=N–C) groups is 1. The van der Waals surface area contributed by atoms with Crippen molar-refractivity contribution in [1.29, 1.82) is 0 Å². The van der Waals surface area contributed by atoms with Crippen LogP contribution >= 0.6 is 23.8 Å². The van der Waals surface area contributed by atoms with Crippen LogP contribution in [0.1, 0.15) is 11.1 Å². The lowest BCUT2D eigenvalue weighted by molar-refractivity contribution is -0.130. The molecule has 1 fully saturated rings. The van der Waals surface area contributed by atoms with E-state index in [0.717, 1.165) is 16.8 Å². The van der Waals surface area contributed by atoms with E-state index >= 15 is 0 Å². The van der Waals surface area contributed by atoms with Crippen LogP contribution in [0.15, 0.2) is 47.5 Å². The molecule has 2 amide bonds. The highest BCUT2D eigenvalue weighted by molar-refractivity contribution is 7.80. The molecule has 1 saturated heterocycles. The zero-order valence-corrected chi connectivity index (χ0v) is 15.8. The molecule has 1 aliphatic rings. The zero-order chi connectivity index (χ0) is 18.8. The minimum atomic E-state index is -1.06. The largest absolute Gasteiger partial charge is 0.301 e. The molecule has 0 spiro atoms. The SMILES string of the molecule is Cc1ccc(C)c(N=C[C@@H]2C(=O)NC(=S)N(c3ccc(Cl)cc3)C2=O)c1. The number of nitrogens with zero attached hydrogens (tertiary/aromatic N) is 2. The first-order valence-corrected chi connectivity index (χ1v) is 8.71. The molecule has 132 valence electrons. The van der Waals surface area contributed by atoms with Gasteiger partial charge in [0.05, 0.1) is 11.4 Å². The summed E-state index contributed by atoms with van der Waals surface area (Å²) < 4.78 is 0. The van der Waals surface area contributed by atoms with Gasteiger partial charge in [-0.1, -0.05) is 23.7 Å². The molecule has 0 aliphatic carbocycles. The first kappa shape index (κ1) is 18.2. The molecule has 5 nitrogen and oxygen atoms in total. The van der Waals surface area contributed by atoms with E-state index in [1.54, 1.807) is 24.3 Å². The Balaban J connectivity index is 1.91. The molecule has 1 atom stereocenters. The van der Waals surface area contributed by atoms with Gasteiger partial charge in [-0.25, -0.2) is 0 Å². The van der Waals surface area contributed by atoms with Crippen LogP contribution in [-0.2, 0) is 9.59 Å². The summed E-state index contributed by atoms with van der Waals surface area (Å²) >= 11 is 11.1. The minimum absolute atomic E-state index is 0.0405. The standard InChI is InChI=1S/C19H16ClN3O2S/c1-11-3-4-12(2)16(9-11)21-10-15-17(24)22-19(26)23(18(15)25)14-7-5-13(20)6-8-14/h3-10,15H,1-2H3,(H,22,24,26)/t15-/m1/s1. The van der Waals surface area contributed by atoms with Crippen LogP contribution in [0.2, 0.25) is 5.02 Å². The summed E-state index contributed by atoms with van der Waals surface area (Å²) in [5.74, 6) is -1.99. The Bertz CT molecular complexity index is 925. The molecular weight excluding hydrogens is 370 g/mol. The van der Waals surface area contributed by atoms with Gasteiger partial charge >= 0.3 is 0 Å². The van der Waals surface area contributed by atoms with Crippen molar-refractivity contribution < 1.29 is 9.59 Å². The van der Waals surface area contributed by atoms with Crippen LogP contribution in [0.3, 0.4) is 0 Å². The van der Waals surface area contributed by atoms with Crippen LogP contribution in [-0.4, -0.2) is 23.1 Å². The molecule has 26 heavy (non-hydrogen) atoms. The molecule has 0 unspecified atom stereocenters. The summed E-state index contributed by atoms with van der Waals surface area (Å²) in [5, 5.41) is 3.14. The molecular formula is C19H16ClN3O2S. The molecule has 0 radical (unpaired) electrons. The second-order valence-electron chi connectivity index (χ2n) is 5.99. The second kappa shape index (κ2) is 7.35. The quantitative estimate of drug-likeness (QED) is 0.497. The fourth-order valence-electron chi connectivity index (χ4n) is 2.57. The number of hydrogen-bond acceptors (Lipinski definition) is 4. The average Bonchev–Trinajstić information content (AvgIpc) is 2.59. The number of hydrogen-bond donors (Lipinski definition) is 1. The van der Waals surface area contributed by atoms with Gasteiger partial charge in [0.25, 0.3) is 5.91 Å². The number of thiocarbonyl (C=S) groups is 1. The molecule has 1 aliphatic heterocycles. The summed E-state index contributed by atoms with van der Waals surface area (Å²) in [6, 6.07) is 12.5. The lowest BCUT2D eigenvalue weighted by Crippen LogP contribution is -2.58. The lowest BCUT2D eigenvalue weighted by atomic mass is 10.1. The smallest absolute Gasteiger partial charge is 0.251 e. The second-order valence-corrected chi connectivity index (χ2v) is 6.81. The van der Waals surface area contributed by atoms with Crippen molar-refractivity contribution in [2.24, 2.45) is 10.9 Å². The number of benzene rings is 2. The van der Waals surface area contributed by atoms with Crippen LogP contribution in [0.5, 0.6) is 0 Å². The van der Waals surface area contributed by atoms with E-state index in [4.69, 9.17) is 23.8 Å². The Morgan fingerprint density at radius 1 is 1.15 bits per heavy atom. The van der Waals surface area contributed by atoms with Gasteiger partial charge in [0.2, 0.25) is 5.91 Å². The van der Waals surface area contributed by atoms with Gasteiger partial charge < -0.3 is 5.32 Å². The van der Waals surface area contributed by atoms with Gasteiger partial charge in [0.1, 0.15) is 0 Å². The van der Waals surface area contributed by atoms with E-state index in [2.05, 4.69) is 10.3 Å². The molecule has 7 heteroatoms. The van der Waals surface area contributed by atoms with Crippen LogP contribution in [0, 0.1) is 19.8 Å². The number of aryl methyl sites for hydroxylation is 2. The molecule has 0 bridgehead atoms. The first-order valence-electron chi connectivity index (χ1n) is 7.92. The van der Waals surface area contributed by atoms with Crippen molar-refractivity contribution in [3.63, 3.8) is 0 Å². The molecule has 3 rings (SSSR count). The molecule has 2 aromatic carbocycles. The topological polar surface area (TPSA) is 61.8 Å². The fourth-order valence-corrected chi connectivity index (χ4v) is 2.99. The average molecular weight is 386 g/mol. The van der Waals surface area contributed by atoms with Crippen molar-refractivity contribution in [3.05, 3.63) is 58.6 Å². The Hall–Kier alpha value is -2.57. The summed E-state index contributed by atoms with van der Waals surface area (Å²) in [5.41, 5.74) is 3.26. The van der Waals surface area contributed by atoms with Crippen molar-refractivity contribution in [2.45, 2.75) is 13.8 Å². The maximum absolute atomic E-state index is 12.9. The Kier molecular flexibility index (Phi) is 5.15. The van der Waals surface area contributed by atoms with Crippen molar-refractivity contribution in [1.82, 2.24) is 5.32 Å². The maximum Gasteiger partial charge on any atom is 0.251 e. The Morgan fingerprint density at radius 3 is 2.54 bits per heavy atom. The normalized spacial score (nSPS) is 17.7. The van der Waals surface area contributed by atoms with Crippen LogP contribution in [0.25, 0.3) is 0 Å². The Morgan fingerprint density at radius 2 is 1.85 bits per heavy atom. The van der Waals surface area contributed by atoms with Gasteiger partial charge in [-0.3, -0.25) is 19.5 Å². The van der Waals surface area contributed by atoms with E-state index in [1.807, 2.05) is 32.0 Å². The molecule has 2 aromatic rings. The summed E-state index contributed by atoms with van der Waals surface area (Å²) in [6.07, 6.45) is 1.37. The molecule has 0 aromatic heterocycles. The highest BCUT2D eigenvalue weighted by atomic mass is 35.5. The number of rotatable bonds is 3. The number of anilines is 1. The Labute approximate surface area is 161 Å². The fraction of sp³-hybridized carbons (Fsp3) is 0.158. The third kappa shape index (κ3) is 3.66. The number of carbonyl (C=O) groups excluding carboxylic acids is 2. The number of halogens is 1. The van der Waals surface area contributed by atoms with Crippen LogP contribution in [0.4, 0.5) is 11.4 Å². The summed E-state index contributed by atoms with van der Waals surface area (Å²) in [7, 11) is 0. The van der Waals surface area contributed by atoms with E-state index < -0.39 is 17.7 Å². The van der Waals surface area contributed by atoms with Gasteiger partial charge in [-0.05, 0) is 67.5 Å². The number of carbonyl (C=O) groups is 2. The monoisotopic (exact) mass is 385 g/mol. The third-order valence-corrected chi connectivity index (χ3v) is 4.55. The molecule has 0 saturated carbocycles. The lowest BCUT2D eigenvalue weighted by Gasteiger charge is -2.30. The predicted molar refractivity (Wildman–Crippen MR) is 107 cm³/mol. The van der Waals surface area contributed by atoms with Crippen molar-refractivity contribution >= 4 is 58.3 Å². The zero-order valence-electron chi connectivity index (χ0n) is 14.2. The van der Waals surface area contributed by atoms with Crippen molar-refractivity contribution in [3.8, 4) is 0 Å². The highest BCUT2D eigenvalue weighted by Crippen LogP contribution is 2.24. The van der Waals surface area contributed by atoms with Gasteiger partial charge in [0, 0.05) is 11.2 Å². The first-order chi connectivity index (χ1) is 12.4. The molecule has 1 N–H and O–H groups in total.